The molecule has 1 aliphatic heterocycles. The highest BCUT2D eigenvalue weighted by Gasteiger charge is 2.28. The summed E-state index contributed by atoms with van der Waals surface area (Å²) in [5.74, 6) is -0.384. The van der Waals surface area contributed by atoms with E-state index in [4.69, 9.17) is 16.3 Å². The van der Waals surface area contributed by atoms with Crippen molar-refractivity contribution in [1.82, 2.24) is 14.7 Å². The standard InChI is InChI=1S/C18H22ClN3O3/c1-2-25-18(24)16-10-20-22(14-6-3-5-13(19)9-14)17(16)11-21-8-4-7-15(21)12-23/h3,5-6,9-10,15,23H,2,4,7-8,11-12H2,1H3/t15-/m0/s1. The van der Waals surface area contributed by atoms with Gasteiger partial charge in [0.25, 0.3) is 0 Å². The molecule has 134 valence electrons. The molecular weight excluding hydrogens is 342 g/mol. The summed E-state index contributed by atoms with van der Waals surface area (Å²) in [6.45, 7) is 3.60. The number of likely N-dealkylation sites (tertiary alicyclic amines) is 1. The Morgan fingerprint density at radius 2 is 2.32 bits per heavy atom. The second-order valence-electron chi connectivity index (χ2n) is 6.07. The van der Waals surface area contributed by atoms with Crippen molar-refractivity contribution in [2.45, 2.75) is 32.4 Å². The minimum absolute atomic E-state index is 0.109. The molecule has 1 aromatic heterocycles. The molecule has 1 fully saturated rings. The lowest BCUT2D eigenvalue weighted by molar-refractivity contribution is 0.0523. The number of nitrogens with zero attached hydrogens (tertiary/aromatic N) is 3. The average molecular weight is 364 g/mol. The van der Waals surface area contributed by atoms with E-state index in [-0.39, 0.29) is 18.6 Å². The van der Waals surface area contributed by atoms with Crippen LogP contribution in [0.2, 0.25) is 5.02 Å². The molecule has 1 aliphatic rings. The molecule has 1 N–H and O–H groups in total. The number of carbonyl (C=O) groups excluding carboxylic acids is 1. The maximum atomic E-state index is 12.3. The fraction of sp³-hybridized carbons (Fsp3) is 0.444. The van der Waals surface area contributed by atoms with E-state index in [1.807, 2.05) is 12.1 Å². The first-order valence-electron chi connectivity index (χ1n) is 8.49. The average Bonchev–Trinajstić information content (AvgIpc) is 3.22. The van der Waals surface area contributed by atoms with Crippen LogP contribution in [0.25, 0.3) is 5.69 Å². The summed E-state index contributed by atoms with van der Waals surface area (Å²) in [6.07, 6.45) is 3.53. The molecule has 0 unspecified atom stereocenters. The minimum atomic E-state index is -0.384. The number of aromatic nitrogens is 2. The number of esters is 1. The molecule has 1 saturated heterocycles. The molecular formula is C18H22ClN3O3. The van der Waals surface area contributed by atoms with Gasteiger partial charge in [-0.3, -0.25) is 4.90 Å². The molecule has 2 heterocycles. The van der Waals surface area contributed by atoms with Gasteiger partial charge in [-0.2, -0.15) is 5.10 Å². The molecule has 0 amide bonds. The summed E-state index contributed by atoms with van der Waals surface area (Å²) in [6, 6.07) is 7.45. The van der Waals surface area contributed by atoms with Gasteiger partial charge in [-0.15, -0.1) is 0 Å². The summed E-state index contributed by atoms with van der Waals surface area (Å²) >= 11 is 6.11. The van der Waals surface area contributed by atoms with Crippen LogP contribution in [0.15, 0.2) is 30.5 Å². The van der Waals surface area contributed by atoms with E-state index in [0.29, 0.717) is 23.7 Å². The number of hydrogen-bond donors (Lipinski definition) is 1. The summed E-state index contributed by atoms with van der Waals surface area (Å²) in [7, 11) is 0. The van der Waals surface area contributed by atoms with Gasteiger partial charge >= 0.3 is 5.97 Å². The molecule has 0 spiro atoms. The van der Waals surface area contributed by atoms with Crippen LogP contribution < -0.4 is 0 Å². The van der Waals surface area contributed by atoms with Crippen LogP contribution in [0.5, 0.6) is 0 Å². The summed E-state index contributed by atoms with van der Waals surface area (Å²) in [4.78, 5) is 14.5. The zero-order valence-electron chi connectivity index (χ0n) is 14.2. The largest absolute Gasteiger partial charge is 0.462 e. The van der Waals surface area contributed by atoms with E-state index in [9.17, 15) is 9.90 Å². The van der Waals surface area contributed by atoms with Crippen LogP contribution in [-0.4, -0.2) is 51.6 Å². The Kier molecular flexibility index (Phi) is 5.73. The molecule has 7 heteroatoms. The predicted octanol–water partition coefficient (Wildman–Crippen LogP) is 2.66. The molecule has 6 nitrogen and oxygen atoms in total. The van der Waals surface area contributed by atoms with E-state index in [1.165, 1.54) is 6.20 Å². The lowest BCUT2D eigenvalue weighted by atomic mass is 10.2. The fourth-order valence-electron chi connectivity index (χ4n) is 3.24. The molecule has 0 bridgehead atoms. The highest BCUT2D eigenvalue weighted by atomic mass is 35.5. The molecule has 3 rings (SSSR count). The van der Waals surface area contributed by atoms with Crippen LogP contribution in [0.4, 0.5) is 0 Å². The van der Waals surface area contributed by atoms with Gasteiger partial charge in [0.05, 0.1) is 30.8 Å². The SMILES string of the molecule is CCOC(=O)c1cnn(-c2cccc(Cl)c2)c1CN1CCC[C@H]1CO. The number of hydrogen-bond acceptors (Lipinski definition) is 5. The van der Waals surface area contributed by atoms with Gasteiger partial charge in [-0.1, -0.05) is 17.7 Å². The van der Waals surface area contributed by atoms with Crippen LogP contribution in [-0.2, 0) is 11.3 Å². The zero-order chi connectivity index (χ0) is 17.8. The summed E-state index contributed by atoms with van der Waals surface area (Å²) < 4.78 is 6.90. The fourth-order valence-corrected chi connectivity index (χ4v) is 3.42. The van der Waals surface area contributed by atoms with Crippen LogP contribution in [0, 0.1) is 0 Å². The van der Waals surface area contributed by atoms with Gasteiger partial charge in [0, 0.05) is 17.6 Å². The Balaban J connectivity index is 1.99. The van der Waals surface area contributed by atoms with Crippen molar-refractivity contribution in [2.75, 3.05) is 19.8 Å². The lowest BCUT2D eigenvalue weighted by Gasteiger charge is -2.23. The maximum absolute atomic E-state index is 12.3. The van der Waals surface area contributed by atoms with Crippen LogP contribution in [0.1, 0.15) is 35.8 Å². The number of rotatable bonds is 6. The molecule has 25 heavy (non-hydrogen) atoms. The summed E-state index contributed by atoms with van der Waals surface area (Å²) in [5.41, 5.74) is 1.99. The Bertz CT molecular complexity index is 747. The first-order valence-corrected chi connectivity index (χ1v) is 8.86. The molecule has 0 aliphatic carbocycles. The van der Waals surface area contributed by atoms with Crippen molar-refractivity contribution in [2.24, 2.45) is 0 Å². The van der Waals surface area contributed by atoms with E-state index < -0.39 is 0 Å². The monoisotopic (exact) mass is 363 g/mol. The highest BCUT2D eigenvalue weighted by Crippen LogP contribution is 2.24. The van der Waals surface area contributed by atoms with Crippen molar-refractivity contribution in [3.8, 4) is 5.69 Å². The van der Waals surface area contributed by atoms with Crippen LogP contribution >= 0.6 is 11.6 Å². The number of carbonyl (C=O) groups is 1. The van der Waals surface area contributed by atoms with Gasteiger partial charge < -0.3 is 9.84 Å². The van der Waals surface area contributed by atoms with E-state index in [0.717, 1.165) is 30.8 Å². The van der Waals surface area contributed by atoms with E-state index >= 15 is 0 Å². The molecule has 0 radical (unpaired) electrons. The quantitative estimate of drug-likeness (QED) is 0.799. The number of benzene rings is 1. The van der Waals surface area contributed by atoms with Crippen molar-refractivity contribution in [3.05, 3.63) is 46.7 Å². The second-order valence-corrected chi connectivity index (χ2v) is 6.50. The summed E-state index contributed by atoms with van der Waals surface area (Å²) in [5, 5.41) is 14.6. The molecule has 0 saturated carbocycles. The van der Waals surface area contributed by atoms with Crippen molar-refractivity contribution in [1.29, 1.82) is 0 Å². The normalized spacial score (nSPS) is 17.8. The number of ether oxygens (including phenoxy) is 1. The highest BCUT2D eigenvalue weighted by molar-refractivity contribution is 6.30. The van der Waals surface area contributed by atoms with Crippen LogP contribution in [0.3, 0.4) is 0 Å². The van der Waals surface area contributed by atoms with Crippen molar-refractivity contribution in [3.63, 3.8) is 0 Å². The Morgan fingerprint density at radius 3 is 3.04 bits per heavy atom. The third-order valence-corrected chi connectivity index (χ3v) is 4.71. The topological polar surface area (TPSA) is 67.6 Å². The predicted molar refractivity (Wildman–Crippen MR) is 95.0 cm³/mol. The molecule has 2 aromatic rings. The number of halogens is 1. The van der Waals surface area contributed by atoms with Gasteiger partial charge in [0.2, 0.25) is 0 Å². The van der Waals surface area contributed by atoms with Gasteiger partial charge in [0.15, 0.2) is 0 Å². The lowest BCUT2D eigenvalue weighted by Crippen LogP contribution is -2.33. The first kappa shape index (κ1) is 17.9. The first-order chi connectivity index (χ1) is 12.1. The van der Waals surface area contributed by atoms with Crippen molar-refractivity contribution < 1.29 is 14.6 Å². The molecule has 1 atom stereocenters. The number of aliphatic hydroxyl groups is 1. The van der Waals surface area contributed by atoms with E-state index in [2.05, 4.69) is 10.00 Å². The van der Waals surface area contributed by atoms with Gasteiger partial charge in [0.1, 0.15) is 5.56 Å². The number of aliphatic hydroxyl groups excluding tert-OH is 1. The Morgan fingerprint density at radius 1 is 1.48 bits per heavy atom. The Hall–Kier alpha value is -1.89. The van der Waals surface area contributed by atoms with Gasteiger partial charge in [-0.25, -0.2) is 9.48 Å². The van der Waals surface area contributed by atoms with Crippen molar-refractivity contribution >= 4 is 17.6 Å². The molecule has 1 aromatic carbocycles. The third-order valence-electron chi connectivity index (χ3n) is 4.48. The zero-order valence-corrected chi connectivity index (χ0v) is 14.9. The van der Waals surface area contributed by atoms with E-state index in [1.54, 1.807) is 23.7 Å². The minimum Gasteiger partial charge on any atom is -0.462 e. The second kappa shape index (κ2) is 7.99. The maximum Gasteiger partial charge on any atom is 0.341 e. The Labute approximate surface area is 152 Å². The van der Waals surface area contributed by atoms with Gasteiger partial charge in [-0.05, 0) is 44.5 Å². The third kappa shape index (κ3) is 3.86. The smallest absolute Gasteiger partial charge is 0.341 e.